The van der Waals surface area contributed by atoms with Crippen molar-refractivity contribution in [2.24, 2.45) is 4.99 Å². The van der Waals surface area contributed by atoms with Gasteiger partial charge in [0, 0.05) is 51.5 Å². The maximum absolute atomic E-state index is 13.9. The summed E-state index contributed by atoms with van der Waals surface area (Å²) in [5, 5.41) is 7.41. The highest BCUT2D eigenvalue weighted by molar-refractivity contribution is 7.85. The van der Waals surface area contributed by atoms with Crippen LogP contribution < -0.4 is 10.6 Å². The van der Waals surface area contributed by atoms with Gasteiger partial charge in [-0.3, -0.25) is 9.20 Å². The zero-order valence-electron chi connectivity index (χ0n) is 15.6. The van der Waals surface area contributed by atoms with Crippen molar-refractivity contribution in [2.75, 3.05) is 18.8 Å². The molecular weight excluding hydrogens is 373 g/mol. The van der Waals surface area contributed by atoms with Gasteiger partial charge in [-0.2, -0.15) is 0 Å². The molecule has 1 saturated carbocycles. The minimum absolute atomic E-state index is 0.270. The number of guanidine groups is 1. The lowest BCUT2D eigenvalue weighted by Crippen LogP contribution is -2.46. The highest BCUT2D eigenvalue weighted by Crippen LogP contribution is 2.23. The number of rotatable bonds is 7. The van der Waals surface area contributed by atoms with Gasteiger partial charge in [-0.1, -0.05) is 31.0 Å². The van der Waals surface area contributed by atoms with E-state index in [0.717, 1.165) is 43.9 Å². The fourth-order valence-electron chi connectivity index (χ4n) is 3.31. The van der Waals surface area contributed by atoms with E-state index >= 15 is 0 Å². The summed E-state index contributed by atoms with van der Waals surface area (Å²) in [4.78, 5) is 4.57. The molecule has 0 bridgehead atoms. The molecule has 2 N–H and O–H groups in total. The molecule has 3 atom stereocenters. The summed E-state index contributed by atoms with van der Waals surface area (Å²) >= 11 is 6.07. The normalized spacial score (nSPS) is 22.1. The molecule has 0 radical (unpaired) electrons. The zero-order valence-corrected chi connectivity index (χ0v) is 17.1. The van der Waals surface area contributed by atoms with Crippen LogP contribution in [0.2, 0.25) is 5.02 Å². The van der Waals surface area contributed by atoms with E-state index in [4.69, 9.17) is 11.6 Å². The summed E-state index contributed by atoms with van der Waals surface area (Å²) in [5.74, 6) is 1.16. The fraction of sp³-hybridized carbons (Fsp3) is 0.632. The van der Waals surface area contributed by atoms with Crippen LogP contribution in [0.25, 0.3) is 0 Å². The summed E-state index contributed by atoms with van der Waals surface area (Å²) in [6, 6.07) is 5.00. The van der Waals surface area contributed by atoms with Crippen molar-refractivity contribution in [1.29, 1.82) is 0 Å². The first-order chi connectivity index (χ1) is 12.5. The second kappa shape index (κ2) is 10.9. The number of benzene rings is 1. The standard InChI is InChI=1S/C19H29ClFN3OS/c1-3-22-19(23-12-11-16-17(20)9-6-10-18(16)21)24-14-7-5-8-15(13-14)26(25)4-2/h6,9-10,14-15H,3-5,7-8,11-13H2,1-2H3,(H2,22,23,24). The molecule has 0 heterocycles. The molecule has 0 amide bonds. The van der Waals surface area contributed by atoms with Crippen molar-refractivity contribution in [3.63, 3.8) is 0 Å². The Bertz CT molecular complexity index is 621. The zero-order chi connectivity index (χ0) is 18.9. The van der Waals surface area contributed by atoms with Crippen LogP contribution in [0.3, 0.4) is 0 Å². The third-order valence-corrected chi connectivity index (χ3v) is 6.76. The number of nitrogens with one attached hydrogen (secondary N) is 2. The molecular formula is C19H29ClFN3OS. The smallest absolute Gasteiger partial charge is 0.191 e. The van der Waals surface area contributed by atoms with E-state index in [1.54, 1.807) is 12.1 Å². The lowest BCUT2D eigenvalue weighted by molar-refractivity contribution is 0.413. The Morgan fingerprint density at radius 1 is 1.38 bits per heavy atom. The SMILES string of the molecule is CCNC(=NCCc1c(F)cccc1Cl)NC1CCCC(S(=O)CC)C1. The molecule has 1 aromatic carbocycles. The van der Waals surface area contributed by atoms with E-state index in [0.29, 0.717) is 23.6 Å². The van der Waals surface area contributed by atoms with Crippen LogP contribution in [0.4, 0.5) is 4.39 Å². The van der Waals surface area contributed by atoms with Crippen LogP contribution in [0.15, 0.2) is 23.2 Å². The molecule has 0 spiro atoms. The van der Waals surface area contributed by atoms with Gasteiger partial charge in [0.2, 0.25) is 0 Å². The Hall–Kier alpha value is -1.14. The minimum Gasteiger partial charge on any atom is -0.357 e. The minimum atomic E-state index is -0.745. The Morgan fingerprint density at radius 3 is 2.88 bits per heavy atom. The second-order valence-electron chi connectivity index (χ2n) is 6.51. The monoisotopic (exact) mass is 401 g/mol. The number of hydrogen-bond acceptors (Lipinski definition) is 2. The largest absolute Gasteiger partial charge is 0.357 e. The lowest BCUT2D eigenvalue weighted by Gasteiger charge is -2.30. The van der Waals surface area contributed by atoms with E-state index in [2.05, 4.69) is 15.6 Å². The van der Waals surface area contributed by atoms with Crippen LogP contribution in [0.1, 0.15) is 45.1 Å². The van der Waals surface area contributed by atoms with Gasteiger partial charge in [-0.15, -0.1) is 0 Å². The van der Waals surface area contributed by atoms with E-state index < -0.39 is 10.8 Å². The summed E-state index contributed by atoms with van der Waals surface area (Å²) in [7, 11) is -0.745. The van der Waals surface area contributed by atoms with E-state index in [1.807, 2.05) is 13.8 Å². The first-order valence-electron chi connectivity index (χ1n) is 9.40. The van der Waals surface area contributed by atoms with E-state index in [-0.39, 0.29) is 17.1 Å². The molecule has 3 unspecified atom stereocenters. The van der Waals surface area contributed by atoms with Gasteiger partial charge >= 0.3 is 0 Å². The topological polar surface area (TPSA) is 53.5 Å². The Labute approximate surface area is 163 Å². The maximum Gasteiger partial charge on any atom is 0.191 e. The van der Waals surface area contributed by atoms with Crippen molar-refractivity contribution in [1.82, 2.24) is 10.6 Å². The van der Waals surface area contributed by atoms with Crippen LogP contribution in [-0.2, 0) is 17.2 Å². The highest BCUT2D eigenvalue weighted by Gasteiger charge is 2.26. The van der Waals surface area contributed by atoms with Crippen LogP contribution in [0, 0.1) is 5.82 Å². The number of nitrogens with zero attached hydrogens (tertiary/aromatic N) is 1. The van der Waals surface area contributed by atoms with Crippen molar-refractivity contribution >= 4 is 28.4 Å². The lowest BCUT2D eigenvalue weighted by atomic mass is 9.95. The number of aliphatic imine (C=N–C) groups is 1. The average molecular weight is 402 g/mol. The van der Waals surface area contributed by atoms with Crippen molar-refractivity contribution in [2.45, 2.75) is 57.2 Å². The Balaban J connectivity index is 1.95. The molecule has 26 heavy (non-hydrogen) atoms. The summed E-state index contributed by atoms with van der Waals surface area (Å²) in [5.41, 5.74) is 0.504. The maximum atomic E-state index is 13.9. The van der Waals surface area contributed by atoms with Gasteiger partial charge < -0.3 is 10.6 Å². The molecule has 2 rings (SSSR count). The third-order valence-electron chi connectivity index (χ3n) is 4.66. The first-order valence-corrected chi connectivity index (χ1v) is 11.2. The van der Waals surface area contributed by atoms with Crippen molar-refractivity contribution in [3.05, 3.63) is 34.6 Å². The Kier molecular flexibility index (Phi) is 8.85. The summed E-state index contributed by atoms with van der Waals surface area (Å²) in [6.07, 6.45) is 4.54. The molecule has 0 aliphatic heterocycles. The van der Waals surface area contributed by atoms with Crippen molar-refractivity contribution < 1.29 is 8.60 Å². The molecule has 4 nitrogen and oxygen atoms in total. The quantitative estimate of drug-likeness (QED) is 0.541. The van der Waals surface area contributed by atoms with Crippen molar-refractivity contribution in [3.8, 4) is 0 Å². The molecule has 1 aliphatic carbocycles. The van der Waals surface area contributed by atoms with E-state index in [9.17, 15) is 8.60 Å². The molecule has 1 aromatic rings. The Morgan fingerprint density at radius 2 is 2.19 bits per heavy atom. The van der Waals surface area contributed by atoms with Gasteiger partial charge in [0.1, 0.15) is 5.82 Å². The summed E-state index contributed by atoms with van der Waals surface area (Å²) in [6.45, 7) is 5.20. The predicted octanol–water partition coefficient (Wildman–Crippen LogP) is 3.66. The fourth-order valence-corrected chi connectivity index (χ4v) is 4.92. The molecule has 1 aliphatic rings. The van der Waals surface area contributed by atoms with Crippen LogP contribution in [0.5, 0.6) is 0 Å². The molecule has 0 saturated heterocycles. The number of halogens is 2. The molecule has 7 heteroatoms. The first kappa shape index (κ1) is 21.2. The molecule has 1 fully saturated rings. The average Bonchev–Trinajstić information content (AvgIpc) is 2.64. The van der Waals surface area contributed by atoms with Crippen LogP contribution >= 0.6 is 11.6 Å². The van der Waals surface area contributed by atoms with Crippen LogP contribution in [-0.4, -0.2) is 40.3 Å². The molecule has 146 valence electrons. The van der Waals surface area contributed by atoms with Gasteiger partial charge in [0.15, 0.2) is 5.96 Å². The molecule has 0 aromatic heterocycles. The number of hydrogen-bond donors (Lipinski definition) is 2. The van der Waals surface area contributed by atoms with Gasteiger partial charge in [-0.05, 0) is 44.7 Å². The van der Waals surface area contributed by atoms with Gasteiger partial charge in [0.05, 0.1) is 0 Å². The third kappa shape index (κ3) is 6.23. The predicted molar refractivity (Wildman–Crippen MR) is 109 cm³/mol. The van der Waals surface area contributed by atoms with Gasteiger partial charge in [0.25, 0.3) is 0 Å². The summed E-state index contributed by atoms with van der Waals surface area (Å²) < 4.78 is 26.0. The van der Waals surface area contributed by atoms with E-state index in [1.165, 1.54) is 6.07 Å². The van der Waals surface area contributed by atoms with Gasteiger partial charge in [-0.25, -0.2) is 4.39 Å². The second-order valence-corrected chi connectivity index (χ2v) is 8.92. The highest BCUT2D eigenvalue weighted by atomic mass is 35.5.